The minimum Gasteiger partial charge on any atom is -1.00 e. The van der Waals surface area contributed by atoms with Crippen molar-refractivity contribution in [3.63, 3.8) is 0 Å². The first-order valence-corrected chi connectivity index (χ1v) is 7.79. The van der Waals surface area contributed by atoms with E-state index in [0.717, 1.165) is 15.9 Å². The van der Waals surface area contributed by atoms with E-state index >= 15 is 0 Å². The Labute approximate surface area is 178 Å². The predicted molar refractivity (Wildman–Crippen MR) is 78.6 cm³/mol. The van der Waals surface area contributed by atoms with Crippen LogP contribution >= 0.6 is 0 Å². The molecule has 3 rings (SSSR count). The third-order valence-corrected chi connectivity index (χ3v) is 2.13. The molecule has 0 unspecified atom stereocenters. The summed E-state index contributed by atoms with van der Waals surface area (Å²) < 4.78 is 0. The van der Waals surface area contributed by atoms with E-state index in [2.05, 4.69) is 67.7 Å². The third-order valence-electron chi connectivity index (χ3n) is 2.13. The minimum atomic E-state index is 0. The first-order valence-electron chi connectivity index (χ1n) is 5.79. The molecular formula is C16H18I2SiZr. The molecule has 20 heavy (non-hydrogen) atoms. The van der Waals surface area contributed by atoms with Gasteiger partial charge in [0.15, 0.2) is 0 Å². The Morgan fingerprint density at radius 1 is 1.10 bits per heavy atom. The Hall–Kier alpha value is 0.870. The maximum atomic E-state index is 2.99. The van der Waals surface area contributed by atoms with Crippen LogP contribution < -0.4 is 48.0 Å². The van der Waals surface area contributed by atoms with Crippen molar-refractivity contribution in [2.24, 2.45) is 0 Å². The Kier molecular flexibility index (Phi) is 23.1. The fourth-order valence-corrected chi connectivity index (χ4v) is 1.41. The van der Waals surface area contributed by atoms with Crippen molar-refractivity contribution in [1.29, 1.82) is 0 Å². The maximum absolute atomic E-state index is 2.99. The van der Waals surface area contributed by atoms with Crippen molar-refractivity contribution in [1.82, 2.24) is 0 Å². The van der Waals surface area contributed by atoms with E-state index < -0.39 is 0 Å². The maximum Gasteiger partial charge on any atom is 4.00 e. The summed E-state index contributed by atoms with van der Waals surface area (Å²) in [6.45, 7) is 4.31. The summed E-state index contributed by atoms with van der Waals surface area (Å²) in [5.74, 6) is 0. The van der Waals surface area contributed by atoms with Gasteiger partial charge in [0, 0.05) is 9.52 Å². The number of benzene rings is 1. The van der Waals surface area contributed by atoms with Crippen LogP contribution in [0, 0.1) is 6.08 Å². The molecule has 1 aliphatic carbocycles. The molecule has 0 spiro atoms. The van der Waals surface area contributed by atoms with Gasteiger partial charge in [0.25, 0.3) is 0 Å². The molecule has 0 bridgehead atoms. The zero-order chi connectivity index (χ0) is 12.3. The zero-order valence-electron chi connectivity index (χ0n) is 11.7. The topological polar surface area (TPSA) is 0 Å². The van der Waals surface area contributed by atoms with Gasteiger partial charge in [0.1, 0.15) is 0 Å². The van der Waals surface area contributed by atoms with Crippen LogP contribution in [0.4, 0.5) is 0 Å². The van der Waals surface area contributed by atoms with Crippen LogP contribution in [0.15, 0.2) is 60.7 Å². The standard InChI is InChI=1S/C9H7.C5H5.C2H6Si.2HI.Zr/c1-2-5-9-7-3-6-8(9)4-1;1-2-4-5-3-1;1-3-2;;;/h1-7H;1-3H,4H2;1-2H3;2*1H;/q2*-1;;;;+4/p-2. The van der Waals surface area contributed by atoms with Gasteiger partial charge in [-0.15, -0.1) is 36.1 Å². The molecule has 0 saturated heterocycles. The zero-order valence-corrected chi connectivity index (χ0v) is 19.5. The monoisotopic (exact) mass is 582 g/mol. The van der Waals surface area contributed by atoms with Crippen LogP contribution in [-0.4, -0.2) is 9.52 Å². The molecule has 1 aliphatic rings. The van der Waals surface area contributed by atoms with Gasteiger partial charge in [-0.3, -0.25) is 6.08 Å². The average Bonchev–Trinajstić information content (AvgIpc) is 3.05. The van der Waals surface area contributed by atoms with Crippen molar-refractivity contribution in [3.8, 4) is 0 Å². The van der Waals surface area contributed by atoms with E-state index in [1.807, 2.05) is 12.2 Å². The Morgan fingerprint density at radius 2 is 1.75 bits per heavy atom. The van der Waals surface area contributed by atoms with Gasteiger partial charge in [-0.25, -0.2) is 12.2 Å². The van der Waals surface area contributed by atoms with Crippen molar-refractivity contribution >= 4 is 20.3 Å². The largest absolute Gasteiger partial charge is 4.00 e. The van der Waals surface area contributed by atoms with Gasteiger partial charge in [-0.2, -0.15) is 23.6 Å². The Bertz CT molecular complexity index is 438. The average molecular weight is 583 g/mol. The molecule has 2 aromatic carbocycles. The summed E-state index contributed by atoms with van der Waals surface area (Å²) in [5.41, 5.74) is 0. The first kappa shape index (κ1) is 25.8. The van der Waals surface area contributed by atoms with Crippen molar-refractivity contribution in [2.75, 3.05) is 0 Å². The molecule has 0 N–H and O–H groups in total. The summed E-state index contributed by atoms with van der Waals surface area (Å²) in [6.07, 6.45) is 10.0. The van der Waals surface area contributed by atoms with Gasteiger partial charge >= 0.3 is 26.2 Å². The number of halogens is 2. The summed E-state index contributed by atoms with van der Waals surface area (Å²) in [4.78, 5) is 0. The van der Waals surface area contributed by atoms with E-state index in [1.165, 1.54) is 10.8 Å². The van der Waals surface area contributed by atoms with Crippen LogP contribution in [0.3, 0.4) is 0 Å². The second-order valence-electron chi connectivity index (χ2n) is 3.66. The molecule has 0 fully saturated rings. The molecule has 2 aromatic rings. The molecule has 2 radical (unpaired) electrons. The van der Waals surface area contributed by atoms with E-state index in [-0.39, 0.29) is 74.2 Å². The fraction of sp³-hybridized carbons (Fsp3) is 0.188. The van der Waals surface area contributed by atoms with Gasteiger partial charge in [0.2, 0.25) is 0 Å². The van der Waals surface area contributed by atoms with Crippen LogP contribution in [0.1, 0.15) is 6.42 Å². The van der Waals surface area contributed by atoms with E-state index in [4.69, 9.17) is 0 Å². The predicted octanol–water partition coefficient (Wildman–Crippen LogP) is -1.34. The van der Waals surface area contributed by atoms with Crippen molar-refractivity contribution in [2.45, 2.75) is 19.5 Å². The quantitative estimate of drug-likeness (QED) is 0.205. The van der Waals surface area contributed by atoms with Gasteiger partial charge in [0.05, 0.1) is 0 Å². The molecule has 0 aromatic heterocycles. The number of hydrogen-bond acceptors (Lipinski definition) is 0. The number of fused-ring (bicyclic) bond motifs is 1. The van der Waals surface area contributed by atoms with Crippen molar-refractivity contribution < 1.29 is 74.2 Å². The summed E-state index contributed by atoms with van der Waals surface area (Å²) in [5, 5.41) is 2.66. The molecule has 0 heterocycles. The minimum absolute atomic E-state index is 0. The number of rotatable bonds is 0. The van der Waals surface area contributed by atoms with Gasteiger partial charge in [-0.1, -0.05) is 19.2 Å². The Balaban J connectivity index is -0.000000231. The molecular weight excluding hydrogens is 565 g/mol. The summed E-state index contributed by atoms with van der Waals surface area (Å²) in [7, 11) is 1.08. The molecule has 0 aliphatic heterocycles. The SMILES string of the molecule is C[Si]C.[C-]1=CC=CC1.[I-].[I-].[Zr+4].c1ccc2[cH-]ccc2c1. The normalized spacial score (nSPS) is 9.90. The number of allylic oxidation sites excluding steroid dienone is 4. The molecule has 4 heteroatoms. The van der Waals surface area contributed by atoms with E-state index in [1.54, 1.807) is 0 Å². The van der Waals surface area contributed by atoms with Crippen LogP contribution in [0.2, 0.25) is 13.1 Å². The second kappa shape index (κ2) is 17.9. The van der Waals surface area contributed by atoms with Crippen LogP contribution in [0.25, 0.3) is 10.8 Å². The fourth-order valence-electron chi connectivity index (χ4n) is 1.41. The number of hydrogen-bond donors (Lipinski definition) is 0. The van der Waals surface area contributed by atoms with Gasteiger partial charge in [-0.05, 0) is 0 Å². The van der Waals surface area contributed by atoms with Crippen molar-refractivity contribution in [3.05, 3.63) is 66.8 Å². The summed E-state index contributed by atoms with van der Waals surface area (Å²) >= 11 is 0. The van der Waals surface area contributed by atoms with Crippen LogP contribution in [0.5, 0.6) is 0 Å². The summed E-state index contributed by atoms with van der Waals surface area (Å²) in [6, 6.07) is 14.7. The molecule has 0 saturated carbocycles. The van der Waals surface area contributed by atoms with Crippen LogP contribution in [-0.2, 0) is 26.2 Å². The smallest absolute Gasteiger partial charge is 1.00 e. The molecule has 0 amide bonds. The van der Waals surface area contributed by atoms with E-state index in [9.17, 15) is 0 Å². The van der Waals surface area contributed by atoms with Gasteiger partial charge < -0.3 is 48.0 Å². The third kappa shape index (κ3) is 11.5. The second-order valence-corrected chi connectivity index (χ2v) is 4.66. The first-order chi connectivity index (χ1) is 8.38. The molecule has 0 atom stereocenters. The molecule has 0 nitrogen and oxygen atoms in total. The molecule has 104 valence electrons. The van der Waals surface area contributed by atoms with E-state index in [0.29, 0.717) is 0 Å². The Morgan fingerprint density at radius 3 is 2.20 bits per heavy atom.